The normalized spacial score (nSPS) is 25.8. The number of carbonyl (C=O) groups excluding carboxylic acids is 1. The summed E-state index contributed by atoms with van der Waals surface area (Å²) < 4.78 is 1.79. The first-order chi connectivity index (χ1) is 14.0. The molecule has 3 atom stereocenters. The number of aliphatic hydroxyl groups is 1. The first-order valence-electron chi connectivity index (χ1n) is 10.1. The zero-order valence-corrected chi connectivity index (χ0v) is 16.8. The lowest BCUT2D eigenvalue weighted by Crippen LogP contribution is -2.48. The number of β-amino-alcohol motifs (C(OH)–C–C–N with tert-alkyl or cyclic N) is 1. The van der Waals surface area contributed by atoms with Gasteiger partial charge in [0.2, 0.25) is 0 Å². The number of nitrogens with zero attached hydrogens (tertiary/aromatic N) is 4. The van der Waals surface area contributed by atoms with E-state index in [2.05, 4.69) is 9.88 Å². The zero-order valence-electron chi connectivity index (χ0n) is 16.0. The van der Waals surface area contributed by atoms with Crippen LogP contribution in [0, 0.1) is 5.92 Å². The number of amides is 1. The molecule has 2 bridgehead atoms. The van der Waals surface area contributed by atoms with Gasteiger partial charge in [0.1, 0.15) is 11.4 Å². The molecule has 0 unspecified atom stereocenters. The van der Waals surface area contributed by atoms with Crippen LogP contribution in [0.3, 0.4) is 0 Å². The lowest BCUT2D eigenvalue weighted by Gasteiger charge is -2.43. The molecule has 0 saturated carbocycles. The van der Waals surface area contributed by atoms with Crippen molar-refractivity contribution in [3.05, 3.63) is 57.1 Å². The van der Waals surface area contributed by atoms with Crippen molar-refractivity contribution >= 4 is 23.3 Å². The minimum atomic E-state index is -0.497. The number of hydrogen-bond donors (Lipinski definition) is 1. The predicted octanol–water partition coefficient (Wildman–Crippen LogP) is 1.73. The lowest BCUT2D eigenvalue weighted by molar-refractivity contribution is 0.0762. The maximum Gasteiger partial charge on any atom is 0.263 e. The minimum absolute atomic E-state index is 0.200. The Hall–Kier alpha value is -2.38. The molecule has 0 aromatic carbocycles. The average Bonchev–Trinajstić information content (AvgIpc) is 3.15. The summed E-state index contributed by atoms with van der Waals surface area (Å²) in [6.07, 6.45) is 2.83. The van der Waals surface area contributed by atoms with Gasteiger partial charge >= 0.3 is 0 Å². The van der Waals surface area contributed by atoms with Crippen LogP contribution < -0.4 is 10.5 Å². The molecule has 1 amide bonds. The Morgan fingerprint density at radius 2 is 2.03 bits per heavy atom. The van der Waals surface area contributed by atoms with Gasteiger partial charge in [-0.25, -0.2) is 4.98 Å². The number of hydrogen-bond acceptors (Lipinski definition) is 5. The number of aliphatic hydroxyl groups excluding tert-OH is 1. The number of piperidine rings is 1. The van der Waals surface area contributed by atoms with Crippen molar-refractivity contribution in [3.8, 4) is 0 Å². The summed E-state index contributed by atoms with van der Waals surface area (Å²) in [6.45, 7) is 2.92. The van der Waals surface area contributed by atoms with E-state index < -0.39 is 6.10 Å². The second-order valence-electron chi connectivity index (χ2n) is 8.29. The molecule has 5 rings (SSSR count). The Bertz CT molecular complexity index is 1020. The van der Waals surface area contributed by atoms with E-state index in [4.69, 9.17) is 11.6 Å². The number of fused-ring (bicyclic) bond motifs is 4. The predicted molar refractivity (Wildman–Crippen MR) is 110 cm³/mol. The summed E-state index contributed by atoms with van der Waals surface area (Å²) in [5.41, 5.74) is 0.960. The van der Waals surface area contributed by atoms with Crippen molar-refractivity contribution in [1.82, 2.24) is 14.5 Å². The molecule has 1 N–H and O–H groups in total. The highest BCUT2D eigenvalue weighted by Crippen LogP contribution is 2.38. The number of likely N-dealkylation sites (tertiary alicyclic amines) is 1. The number of anilines is 1. The molecular formula is C21H23ClN4O3. The standard InChI is InChI=1S/C21H23ClN4O3/c22-17-2-1-6-23-19(17)25-9-13-8-14(11-25)18-4-3-16(21(29)26(18)10-13)20(28)24-7-5-15(27)12-24/h1-4,6,13-15,27H,5,7-12H2/t13-,14+,15+/m0/s1. The molecule has 0 spiro atoms. The van der Waals surface area contributed by atoms with Crippen molar-refractivity contribution in [3.63, 3.8) is 0 Å². The van der Waals surface area contributed by atoms with Crippen LogP contribution in [0.15, 0.2) is 35.3 Å². The van der Waals surface area contributed by atoms with Gasteiger partial charge in [-0.05, 0) is 43.0 Å². The summed E-state index contributed by atoms with van der Waals surface area (Å²) in [5, 5.41) is 10.3. The second kappa shape index (κ2) is 7.15. The first-order valence-corrected chi connectivity index (χ1v) is 10.5. The molecule has 2 aromatic heterocycles. The Morgan fingerprint density at radius 1 is 1.17 bits per heavy atom. The highest BCUT2D eigenvalue weighted by molar-refractivity contribution is 6.32. The van der Waals surface area contributed by atoms with E-state index in [9.17, 15) is 14.7 Å². The zero-order chi connectivity index (χ0) is 20.1. The molecule has 29 heavy (non-hydrogen) atoms. The van der Waals surface area contributed by atoms with E-state index in [0.717, 1.165) is 31.0 Å². The molecule has 152 valence electrons. The van der Waals surface area contributed by atoms with E-state index >= 15 is 0 Å². The van der Waals surface area contributed by atoms with Gasteiger partial charge in [0.15, 0.2) is 0 Å². The Morgan fingerprint density at radius 3 is 2.79 bits per heavy atom. The molecule has 2 fully saturated rings. The van der Waals surface area contributed by atoms with E-state index in [1.807, 2.05) is 18.2 Å². The molecule has 3 aliphatic rings. The van der Waals surface area contributed by atoms with Crippen molar-refractivity contribution in [2.24, 2.45) is 5.92 Å². The lowest BCUT2D eigenvalue weighted by atomic mass is 9.83. The number of rotatable bonds is 2. The molecule has 5 heterocycles. The van der Waals surface area contributed by atoms with Crippen LogP contribution in [0.4, 0.5) is 5.82 Å². The summed E-state index contributed by atoms with van der Waals surface area (Å²) in [5.74, 6) is 1.01. The van der Waals surface area contributed by atoms with Gasteiger partial charge in [-0.1, -0.05) is 11.6 Å². The molecule has 3 aliphatic heterocycles. The van der Waals surface area contributed by atoms with Crippen molar-refractivity contribution in [2.75, 3.05) is 31.1 Å². The van der Waals surface area contributed by atoms with Crippen LogP contribution in [0.2, 0.25) is 5.02 Å². The summed E-state index contributed by atoms with van der Waals surface area (Å²) >= 11 is 6.35. The van der Waals surface area contributed by atoms with Gasteiger partial charge in [-0.3, -0.25) is 9.59 Å². The molecule has 2 saturated heterocycles. The second-order valence-corrected chi connectivity index (χ2v) is 8.70. The first kappa shape index (κ1) is 18.6. The fourth-order valence-corrected chi connectivity index (χ4v) is 5.23. The van der Waals surface area contributed by atoms with Gasteiger partial charge in [-0.15, -0.1) is 0 Å². The van der Waals surface area contributed by atoms with Crippen LogP contribution >= 0.6 is 11.6 Å². The van der Waals surface area contributed by atoms with Gasteiger partial charge in [0.05, 0.1) is 11.1 Å². The summed E-state index contributed by atoms with van der Waals surface area (Å²) in [4.78, 5) is 34.2. The van der Waals surface area contributed by atoms with Gasteiger partial charge in [0.25, 0.3) is 11.5 Å². The average molecular weight is 415 g/mol. The smallest absolute Gasteiger partial charge is 0.263 e. The third kappa shape index (κ3) is 3.22. The number of halogens is 1. The highest BCUT2D eigenvalue weighted by atomic mass is 35.5. The van der Waals surface area contributed by atoms with Crippen molar-refractivity contribution in [1.29, 1.82) is 0 Å². The van der Waals surface area contributed by atoms with Gasteiger partial charge in [0, 0.05) is 50.5 Å². The molecule has 0 aliphatic carbocycles. The molecular weight excluding hydrogens is 392 g/mol. The third-order valence-electron chi connectivity index (χ3n) is 6.32. The van der Waals surface area contributed by atoms with Gasteiger partial charge in [-0.2, -0.15) is 0 Å². The number of pyridine rings is 2. The SMILES string of the molecule is O=C(c1ccc2n(c1=O)C[C@H]1C[C@@H]2CN(c2ncccc2Cl)C1)N1CC[C@@H](O)C1. The van der Waals surface area contributed by atoms with E-state index in [1.54, 1.807) is 21.7 Å². The third-order valence-corrected chi connectivity index (χ3v) is 6.62. The number of carbonyl (C=O) groups is 1. The van der Waals surface area contributed by atoms with Crippen LogP contribution in [-0.4, -0.2) is 57.7 Å². The maximum atomic E-state index is 13.1. The topological polar surface area (TPSA) is 78.7 Å². The minimum Gasteiger partial charge on any atom is -0.391 e. The molecule has 8 heteroatoms. The van der Waals surface area contributed by atoms with Crippen LogP contribution in [0.25, 0.3) is 0 Å². The van der Waals surface area contributed by atoms with Crippen molar-refractivity contribution < 1.29 is 9.90 Å². The number of aromatic nitrogens is 2. The van der Waals surface area contributed by atoms with Gasteiger partial charge < -0.3 is 19.5 Å². The molecule has 7 nitrogen and oxygen atoms in total. The largest absolute Gasteiger partial charge is 0.391 e. The quantitative estimate of drug-likeness (QED) is 0.809. The molecule has 2 aromatic rings. The van der Waals surface area contributed by atoms with E-state index in [1.165, 1.54) is 0 Å². The highest BCUT2D eigenvalue weighted by Gasteiger charge is 2.37. The monoisotopic (exact) mass is 414 g/mol. The van der Waals surface area contributed by atoms with Crippen LogP contribution in [0.5, 0.6) is 0 Å². The summed E-state index contributed by atoms with van der Waals surface area (Å²) in [7, 11) is 0. The van der Waals surface area contributed by atoms with Crippen LogP contribution in [-0.2, 0) is 6.54 Å². The van der Waals surface area contributed by atoms with E-state index in [0.29, 0.717) is 37.0 Å². The fraction of sp³-hybridized carbons (Fsp3) is 0.476. The Kier molecular flexibility index (Phi) is 4.59. The molecule has 0 radical (unpaired) electrons. The maximum absolute atomic E-state index is 13.1. The Balaban J connectivity index is 1.45. The summed E-state index contributed by atoms with van der Waals surface area (Å²) in [6, 6.07) is 7.25. The van der Waals surface area contributed by atoms with Crippen LogP contribution in [0.1, 0.15) is 34.8 Å². The van der Waals surface area contributed by atoms with E-state index in [-0.39, 0.29) is 22.9 Å². The van der Waals surface area contributed by atoms with Crippen molar-refractivity contribution in [2.45, 2.75) is 31.4 Å². The Labute approximate surface area is 173 Å². The fourth-order valence-electron chi connectivity index (χ4n) is 4.99.